The Kier molecular flexibility index (Phi) is 4.30. The van der Waals surface area contributed by atoms with Gasteiger partial charge in [0.1, 0.15) is 24.2 Å². The Hall–Kier alpha value is -0.0800. The van der Waals surface area contributed by atoms with E-state index in [4.69, 9.17) is 45.3 Å². The summed E-state index contributed by atoms with van der Waals surface area (Å²) in [6, 6.07) is -0.525. The van der Waals surface area contributed by atoms with Crippen LogP contribution in [0.15, 0.2) is 0 Å². The van der Waals surface area contributed by atoms with Gasteiger partial charge in [0.25, 0.3) is 0 Å². The van der Waals surface area contributed by atoms with Crippen LogP contribution in [0.1, 0.15) is 13.8 Å². The van der Waals surface area contributed by atoms with Gasteiger partial charge in [0.05, 0.1) is 4.75 Å². The van der Waals surface area contributed by atoms with E-state index in [9.17, 15) is 9.59 Å². The minimum absolute atomic E-state index is 0.129. The van der Waals surface area contributed by atoms with Gasteiger partial charge in [0.15, 0.2) is 0 Å². The molecule has 10 heteroatoms. The number of nitrogens with zero attached hydrogens (tertiary/aromatic N) is 1. The lowest BCUT2D eigenvalue weighted by Gasteiger charge is -2.42. The standard InChI is InChI=1S/C10H14Cl3N3O3S/c1-9(2)7(15-8(18)19-3-10(11,12)13)16-5(17)4(14)6(16)20-9/h4,6-7H,3,14H2,1-2H3,(H,15,18)/t4-,6+,7?/m1/s1. The van der Waals surface area contributed by atoms with Crippen LogP contribution in [0.5, 0.6) is 0 Å². The highest BCUT2D eigenvalue weighted by atomic mass is 35.6. The van der Waals surface area contributed by atoms with Crippen molar-refractivity contribution in [3.8, 4) is 0 Å². The summed E-state index contributed by atoms with van der Waals surface area (Å²) in [7, 11) is 0. The van der Waals surface area contributed by atoms with Gasteiger partial charge in [-0.15, -0.1) is 11.8 Å². The third kappa shape index (κ3) is 3.06. The predicted octanol–water partition coefficient (Wildman–Crippen LogP) is 1.43. The lowest BCUT2D eigenvalue weighted by molar-refractivity contribution is -0.147. The van der Waals surface area contributed by atoms with Crippen molar-refractivity contribution in [2.45, 2.75) is 40.0 Å². The Balaban J connectivity index is 1.98. The summed E-state index contributed by atoms with van der Waals surface area (Å²) in [6.45, 7) is 3.45. The number of carbonyl (C=O) groups is 2. The Labute approximate surface area is 135 Å². The summed E-state index contributed by atoms with van der Waals surface area (Å²) < 4.78 is 2.75. The van der Waals surface area contributed by atoms with Crippen molar-refractivity contribution in [1.82, 2.24) is 10.2 Å². The maximum absolute atomic E-state index is 11.8. The highest BCUT2D eigenvalue weighted by Crippen LogP contribution is 2.49. The van der Waals surface area contributed by atoms with Gasteiger partial charge in [-0.3, -0.25) is 10.1 Å². The zero-order valence-electron chi connectivity index (χ0n) is 10.7. The minimum Gasteiger partial charge on any atom is -0.445 e. The van der Waals surface area contributed by atoms with Crippen LogP contribution in [-0.4, -0.2) is 49.6 Å². The average Bonchev–Trinajstić information content (AvgIpc) is 2.55. The number of carbonyl (C=O) groups excluding carboxylic acids is 2. The molecule has 2 rings (SSSR count). The van der Waals surface area contributed by atoms with Crippen molar-refractivity contribution in [3.63, 3.8) is 0 Å². The van der Waals surface area contributed by atoms with E-state index in [0.29, 0.717) is 0 Å². The van der Waals surface area contributed by atoms with Crippen LogP contribution < -0.4 is 11.1 Å². The molecule has 0 saturated carbocycles. The molecule has 3 N–H and O–H groups in total. The van der Waals surface area contributed by atoms with E-state index in [0.717, 1.165) is 0 Å². The van der Waals surface area contributed by atoms with Gasteiger partial charge in [-0.1, -0.05) is 34.8 Å². The normalized spacial score (nSPS) is 31.6. The lowest BCUT2D eigenvalue weighted by atomic mass is 10.0. The Bertz CT molecular complexity index is 443. The molecule has 2 fully saturated rings. The second-order valence-corrected chi connectivity index (χ2v) is 9.41. The molecule has 114 valence electrons. The Morgan fingerprint density at radius 1 is 1.55 bits per heavy atom. The van der Waals surface area contributed by atoms with Gasteiger partial charge in [-0.2, -0.15) is 0 Å². The first-order valence-corrected chi connectivity index (χ1v) is 7.80. The molecule has 2 amide bonds. The molecule has 2 aliphatic rings. The predicted molar refractivity (Wildman–Crippen MR) is 78.8 cm³/mol. The van der Waals surface area contributed by atoms with Gasteiger partial charge in [-0.25, -0.2) is 4.79 Å². The zero-order chi connectivity index (χ0) is 15.3. The maximum Gasteiger partial charge on any atom is 0.408 e. The highest BCUT2D eigenvalue weighted by Gasteiger charge is 2.60. The molecule has 6 nitrogen and oxygen atoms in total. The summed E-state index contributed by atoms with van der Waals surface area (Å²) in [5, 5.41) is 2.49. The molecular weight excluding hydrogens is 349 g/mol. The number of halogens is 3. The van der Waals surface area contributed by atoms with Gasteiger partial charge in [0, 0.05) is 0 Å². The van der Waals surface area contributed by atoms with Crippen LogP contribution in [0.25, 0.3) is 0 Å². The molecule has 0 aromatic rings. The molecule has 0 radical (unpaired) electrons. The quantitative estimate of drug-likeness (QED) is 0.573. The zero-order valence-corrected chi connectivity index (χ0v) is 13.8. The SMILES string of the molecule is CC1(C)S[C@H]2[C@H](N)C(=O)N2C1NC(=O)OCC(Cl)(Cl)Cl. The molecule has 0 spiro atoms. The number of rotatable bonds is 2. The maximum atomic E-state index is 11.8. The summed E-state index contributed by atoms with van der Waals surface area (Å²) in [5.41, 5.74) is 5.73. The van der Waals surface area contributed by atoms with E-state index >= 15 is 0 Å². The van der Waals surface area contributed by atoms with E-state index in [1.807, 2.05) is 13.8 Å². The van der Waals surface area contributed by atoms with Gasteiger partial charge >= 0.3 is 6.09 Å². The molecule has 3 atom stereocenters. The number of ether oxygens (including phenoxy) is 1. The number of alkyl halides is 3. The first-order chi connectivity index (χ1) is 9.03. The Morgan fingerprint density at radius 3 is 2.70 bits per heavy atom. The number of fused-ring (bicyclic) bond motifs is 1. The molecule has 2 saturated heterocycles. The van der Waals surface area contributed by atoms with E-state index in [1.165, 1.54) is 11.8 Å². The second kappa shape index (κ2) is 5.28. The monoisotopic (exact) mass is 361 g/mol. The number of thioether (sulfide) groups is 1. The first-order valence-electron chi connectivity index (χ1n) is 5.78. The first kappa shape index (κ1) is 16.3. The number of amides is 2. The second-order valence-electron chi connectivity index (χ2n) is 5.12. The third-order valence-corrected chi connectivity index (χ3v) is 5.02. The number of β-lactam (4-membered cyclic amide) rings is 1. The third-order valence-electron chi connectivity index (χ3n) is 3.10. The van der Waals surface area contributed by atoms with Crippen molar-refractivity contribution in [2.75, 3.05) is 6.61 Å². The summed E-state index contributed by atoms with van der Waals surface area (Å²) in [5.74, 6) is -0.195. The van der Waals surface area contributed by atoms with Gasteiger partial charge in [0.2, 0.25) is 9.70 Å². The molecular formula is C10H14Cl3N3O3S. The molecule has 0 aromatic carbocycles. The van der Waals surface area contributed by atoms with Crippen LogP contribution in [-0.2, 0) is 9.53 Å². The summed E-state index contributed by atoms with van der Waals surface area (Å²) in [4.78, 5) is 25.0. The van der Waals surface area contributed by atoms with Gasteiger partial charge < -0.3 is 15.4 Å². The topological polar surface area (TPSA) is 84.7 Å². The lowest BCUT2D eigenvalue weighted by Crippen LogP contribution is -2.70. The number of nitrogens with two attached hydrogens (primary N) is 1. The van der Waals surface area contributed by atoms with Crippen molar-refractivity contribution in [2.24, 2.45) is 5.73 Å². The summed E-state index contributed by atoms with van der Waals surface area (Å²) in [6.07, 6.45) is -1.25. The molecule has 0 bridgehead atoms. The Morgan fingerprint density at radius 2 is 2.15 bits per heavy atom. The smallest absolute Gasteiger partial charge is 0.408 e. The van der Waals surface area contributed by atoms with E-state index in [2.05, 4.69) is 5.32 Å². The number of alkyl carbamates (subject to hydrolysis) is 1. The summed E-state index contributed by atoms with van der Waals surface area (Å²) >= 11 is 18.0. The van der Waals surface area contributed by atoms with Gasteiger partial charge in [-0.05, 0) is 13.8 Å². The largest absolute Gasteiger partial charge is 0.445 e. The van der Waals surface area contributed by atoms with E-state index < -0.39 is 22.1 Å². The number of hydrogen-bond donors (Lipinski definition) is 2. The van der Waals surface area contributed by atoms with Crippen LogP contribution in [0.3, 0.4) is 0 Å². The van der Waals surface area contributed by atoms with E-state index in [-0.39, 0.29) is 22.6 Å². The fourth-order valence-corrected chi connectivity index (χ4v) is 3.86. The fourth-order valence-electron chi connectivity index (χ4n) is 2.17. The molecule has 1 unspecified atom stereocenters. The minimum atomic E-state index is -1.67. The molecule has 2 aliphatic heterocycles. The molecule has 0 aromatic heterocycles. The number of hydrogen-bond acceptors (Lipinski definition) is 5. The van der Waals surface area contributed by atoms with Crippen molar-refractivity contribution >= 4 is 58.6 Å². The van der Waals surface area contributed by atoms with Crippen molar-refractivity contribution in [1.29, 1.82) is 0 Å². The number of nitrogens with one attached hydrogen (secondary N) is 1. The van der Waals surface area contributed by atoms with Crippen LogP contribution in [0, 0.1) is 0 Å². The van der Waals surface area contributed by atoms with Crippen LogP contribution in [0.2, 0.25) is 0 Å². The van der Waals surface area contributed by atoms with Crippen LogP contribution >= 0.6 is 46.6 Å². The molecule has 20 heavy (non-hydrogen) atoms. The molecule has 0 aliphatic carbocycles. The highest BCUT2D eigenvalue weighted by molar-refractivity contribution is 8.01. The van der Waals surface area contributed by atoms with E-state index in [1.54, 1.807) is 4.90 Å². The van der Waals surface area contributed by atoms with Crippen LogP contribution in [0.4, 0.5) is 4.79 Å². The fraction of sp³-hybridized carbons (Fsp3) is 0.800. The van der Waals surface area contributed by atoms with Crippen molar-refractivity contribution < 1.29 is 14.3 Å². The molecule has 2 heterocycles. The average molecular weight is 363 g/mol. The van der Waals surface area contributed by atoms with Crippen molar-refractivity contribution in [3.05, 3.63) is 0 Å².